The zero-order chi connectivity index (χ0) is 16.4. The first kappa shape index (κ1) is 14.5. The summed E-state index contributed by atoms with van der Waals surface area (Å²) in [5.74, 6) is 0.737. The Labute approximate surface area is 139 Å². The van der Waals surface area contributed by atoms with Crippen LogP contribution < -0.4 is 10.6 Å². The number of phenolic OH excluding ortho intramolecular Hbond substituents is 1. The summed E-state index contributed by atoms with van der Waals surface area (Å²) in [5.41, 5.74) is 2.47. The smallest absolute Gasteiger partial charge is 0.227 e. The largest absolute Gasteiger partial charge is 0.506 e. The van der Waals surface area contributed by atoms with Gasteiger partial charge in [-0.05, 0) is 24.3 Å². The van der Waals surface area contributed by atoms with E-state index in [1.807, 2.05) is 36.4 Å². The quantitative estimate of drug-likeness (QED) is 0.493. The molecule has 2 atom stereocenters. The van der Waals surface area contributed by atoms with Gasteiger partial charge in [0.25, 0.3) is 0 Å². The lowest BCUT2D eigenvalue weighted by Crippen LogP contribution is -2.05. The second-order valence-corrected chi connectivity index (χ2v) is 5.47. The maximum Gasteiger partial charge on any atom is 0.227 e. The first-order valence-corrected chi connectivity index (χ1v) is 7.63. The first-order chi connectivity index (χ1) is 11.8. The summed E-state index contributed by atoms with van der Waals surface area (Å²) in [6.07, 6.45) is 3.19. The van der Waals surface area contributed by atoms with Crippen molar-refractivity contribution < 1.29 is 9.84 Å². The van der Waals surface area contributed by atoms with Crippen molar-refractivity contribution >= 4 is 17.3 Å². The van der Waals surface area contributed by atoms with Gasteiger partial charge >= 0.3 is 0 Å². The maximum absolute atomic E-state index is 9.77. The van der Waals surface area contributed by atoms with E-state index in [0.29, 0.717) is 11.6 Å². The second-order valence-electron chi connectivity index (χ2n) is 5.47. The average Bonchev–Trinajstić information content (AvgIpc) is 3.38. The lowest BCUT2D eigenvalue weighted by atomic mass is 10.2. The van der Waals surface area contributed by atoms with Crippen molar-refractivity contribution in [2.24, 2.45) is 0 Å². The molecule has 120 valence electrons. The second kappa shape index (κ2) is 6.17. The molecule has 2 heterocycles. The van der Waals surface area contributed by atoms with Crippen molar-refractivity contribution in [2.45, 2.75) is 12.3 Å². The van der Waals surface area contributed by atoms with E-state index in [-0.39, 0.29) is 18.1 Å². The fraction of sp³-hybridized carbons (Fsp3) is 0.111. The third kappa shape index (κ3) is 3.13. The molecule has 1 aliphatic rings. The van der Waals surface area contributed by atoms with E-state index in [0.717, 1.165) is 11.3 Å². The van der Waals surface area contributed by atoms with Crippen LogP contribution in [0.5, 0.6) is 5.75 Å². The minimum Gasteiger partial charge on any atom is -0.506 e. The van der Waals surface area contributed by atoms with Crippen LogP contribution >= 0.6 is 0 Å². The van der Waals surface area contributed by atoms with Crippen LogP contribution in [-0.4, -0.2) is 21.3 Å². The molecule has 0 radical (unpaired) electrons. The number of nitrogens with one attached hydrogen (secondary N) is 2. The van der Waals surface area contributed by atoms with Crippen LogP contribution in [0, 0.1) is 0 Å². The van der Waals surface area contributed by atoms with Gasteiger partial charge in [-0.3, -0.25) is 0 Å². The Kier molecular flexibility index (Phi) is 3.72. The Hall–Kier alpha value is -3.12. The number of benzene rings is 2. The molecule has 0 amide bonds. The Morgan fingerprint density at radius 1 is 0.917 bits per heavy atom. The zero-order valence-corrected chi connectivity index (χ0v) is 12.8. The number of ether oxygens (including phenoxy) is 1. The number of epoxide rings is 1. The normalized spacial score (nSPS) is 18.8. The van der Waals surface area contributed by atoms with Gasteiger partial charge in [-0.1, -0.05) is 30.3 Å². The highest BCUT2D eigenvalue weighted by molar-refractivity contribution is 5.56. The minimum absolute atomic E-state index is 0.115. The van der Waals surface area contributed by atoms with E-state index in [9.17, 15) is 5.11 Å². The van der Waals surface area contributed by atoms with Gasteiger partial charge in [-0.2, -0.15) is 0 Å². The van der Waals surface area contributed by atoms with Crippen LogP contribution in [0.2, 0.25) is 0 Å². The number of hydrogen-bond donors (Lipinski definition) is 3. The number of phenols is 1. The standard InChI is InChI=1S/C18H16N4O2/c23-15-9-5-4-8-14(15)22-17-16(24-17)12-10-19-18(20-11-12)21-13-6-2-1-3-7-13/h1-11,16-17,22-23H,(H,19,20,21). The van der Waals surface area contributed by atoms with Crippen LogP contribution in [0.15, 0.2) is 67.0 Å². The van der Waals surface area contributed by atoms with Gasteiger partial charge in [0.1, 0.15) is 11.9 Å². The van der Waals surface area contributed by atoms with Crippen molar-refractivity contribution in [3.8, 4) is 5.75 Å². The van der Waals surface area contributed by atoms with E-state index < -0.39 is 0 Å². The third-order valence-electron chi connectivity index (χ3n) is 3.72. The highest BCUT2D eigenvalue weighted by atomic mass is 16.6. The summed E-state index contributed by atoms with van der Waals surface area (Å²) in [7, 11) is 0. The number of nitrogens with zero attached hydrogens (tertiary/aromatic N) is 2. The molecule has 24 heavy (non-hydrogen) atoms. The van der Waals surface area contributed by atoms with Crippen molar-refractivity contribution in [1.82, 2.24) is 9.97 Å². The van der Waals surface area contributed by atoms with Crippen molar-refractivity contribution in [2.75, 3.05) is 10.6 Å². The molecule has 1 aliphatic heterocycles. The third-order valence-corrected chi connectivity index (χ3v) is 3.72. The molecule has 1 aromatic heterocycles. The molecule has 3 aromatic rings. The van der Waals surface area contributed by atoms with E-state index in [1.54, 1.807) is 30.6 Å². The lowest BCUT2D eigenvalue weighted by molar-refractivity contribution is 0.385. The van der Waals surface area contributed by atoms with Gasteiger partial charge < -0.3 is 20.5 Å². The van der Waals surface area contributed by atoms with Crippen LogP contribution in [0.1, 0.15) is 11.7 Å². The predicted molar refractivity (Wildman–Crippen MR) is 91.1 cm³/mol. The van der Waals surface area contributed by atoms with Crippen molar-refractivity contribution in [1.29, 1.82) is 0 Å². The number of anilines is 3. The fourth-order valence-electron chi connectivity index (χ4n) is 2.42. The molecule has 2 aromatic carbocycles. The van der Waals surface area contributed by atoms with Gasteiger partial charge in [0.2, 0.25) is 5.95 Å². The molecule has 0 bridgehead atoms. The summed E-state index contributed by atoms with van der Waals surface area (Å²) >= 11 is 0. The topological polar surface area (TPSA) is 82.6 Å². The Morgan fingerprint density at radius 2 is 1.62 bits per heavy atom. The van der Waals surface area contributed by atoms with E-state index in [2.05, 4.69) is 20.6 Å². The van der Waals surface area contributed by atoms with E-state index in [1.165, 1.54) is 0 Å². The molecule has 2 unspecified atom stereocenters. The summed E-state index contributed by atoms with van der Waals surface area (Å²) < 4.78 is 5.60. The number of aromatic nitrogens is 2. The van der Waals surface area contributed by atoms with Crippen LogP contribution in [0.4, 0.5) is 17.3 Å². The summed E-state index contributed by atoms with van der Waals surface area (Å²) in [6, 6.07) is 16.8. The number of hydrogen-bond acceptors (Lipinski definition) is 6. The first-order valence-electron chi connectivity index (χ1n) is 7.63. The van der Waals surface area contributed by atoms with Crippen molar-refractivity contribution in [3.63, 3.8) is 0 Å². The van der Waals surface area contributed by atoms with Gasteiger partial charge in [0.05, 0.1) is 5.69 Å². The van der Waals surface area contributed by atoms with Crippen LogP contribution in [0.3, 0.4) is 0 Å². The fourth-order valence-corrected chi connectivity index (χ4v) is 2.42. The van der Waals surface area contributed by atoms with Gasteiger partial charge in [0.15, 0.2) is 6.23 Å². The molecule has 1 saturated heterocycles. The van der Waals surface area contributed by atoms with Crippen LogP contribution in [0.25, 0.3) is 0 Å². The Balaban J connectivity index is 1.39. The monoisotopic (exact) mass is 320 g/mol. The van der Waals surface area contributed by atoms with Gasteiger partial charge in [-0.25, -0.2) is 9.97 Å². The molecular formula is C18H16N4O2. The number of aromatic hydroxyl groups is 1. The Bertz CT molecular complexity index is 824. The highest BCUT2D eigenvalue weighted by Gasteiger charge is 2.41. The number of para-hydroxylation sites is 3. The van der Waals surface area contributed by atoms with E-state index in [4.69, 9.17) is 4.74 Å². The van der Waals surface area contributed by atoms with Gasteiger partial charge in [0, 0.05) is 23.6 Å². The Morgan fingerprint density at radius 3 is 2.38 bits per heavy atom. The van der Waals surface area contributed by atoms with Crippen molar-refractivity contribution in [3.05, 3.63) is 72.6 Å². The lowest BCUT2D eigenvalue weighted by Gasteiger charge is -2.05. The van der Waals surface area contributed by atoms with E-state index >= 15 is 0 Å². The highest BCUT2D eigenvalue weighted by Crippen LogP contribution is 2.40. The average molecular weight is 320 g/mol. The van der Waals surface area contributed by atoms with Crippen LogP contribution in [-0.2, 0) is 4.74 Å². The predicted octanol–water partition coefficient (Wildman–Crippen LogP) is 3.44. The molecule has 3 N–H and O–H groups in total. The molecular weight excluding hydrogens is 304 g/mol. The maximum atomic E-state index is 9.77. The SMILES string of the molecule is Oc1ccccc1NC1OC1c1cnc(Nc2ccccc2)nc1. The molecule has 0 saturated carbocycles. The number of rotatable bonds is 5. The minimum atomic E-state index is -0.185. The summed E-state index contributed by atoms with van der Waals surface area (Å²) in [6.45, 7) is 0. The van der Waals surface area contributed by atoms with Gasteiger partial charge in [-0.15, -0.1) is 0 Å². The molecule has 6 nitrogen and oxygen atoms in total. The molecule has 0 spiro atoms. The summed E-state index contributed by atoms with van der Waals surface area (Å²) in [5, 5.41) is 16.1. The summed E-state index contributed by atoms with van der Waals surface area (Å²) in [4.78, 5) is 8.63. The molecule has 1 fully saturated rings. The molecule has 4 rings (SSSR count). The zero-order valence-electron chi connectivity index (χ0n) is 12.8. The molecule has 6 heteroatoms. The molecule has 0 aliphatic carbocycles.